The van der Waals surface area contributed by atoms with Gasteiger partial charge in [-0.05, 0) is 40.3 Å². The Labute approximate surface area is 148 Å². The second-order valence-electron chi connectivity index (χ2n) is 7.90. The number of hydrogen-bond donors (Lipinski definition) is 0. The lowest BCUT2D eigenvalue weighted by Gasteiger charge is -2.37. The Balaban J connectivity index is 1.84. The SMILES string of the molecule is C=C(C)C12C3c4ccccc4C1c1ccccc1C2c1ccccc13. The van der Waals surface area contributed by atoms with Crippen LogP contribution in [0.1, 0.15) is 58.1 Å². The normalized spacial score (nSPS) is 29.7. The first-order valence-corrected chi connectivity index (χ1v) is 9.18. The fourth-order valence-electron chi connectivity index (χ4n) is 6.40. The molecule has 3 aliphatic rings. The summed E-state index contributed by atoms with van der Waals surface area (Å²) in [5.74, 6) is 1.29. The summed E-state index contributed by atoms with van der Waals surface area (Å²) in [6.07, 6.45) is 0. The van der Waals surface area contributed by atoms with Gasteiger partial charge in [0.2, 0.25) is 0 Å². The lowest BCUT2D eigenvalue weighted by atomic mass is 9.64. The van der Waals surface area contributed by atoms with E-state index in [2.05, 4.69) is 86.3 Å². The number of hydrogen-bond acceptors (Lipinski definition) is 0. The zero-order chi connectivity index (χ0) is 16.8. The predicted octanol–water partition coefficient (Wildman–Crippen LogP) is 5.99. The molecule has 0 atom stereocenters. The van der Waals surface area contributed by atoms with Gasteiger partial charge in [-0.15, -0.1) is 0 Å². The molecule has 25 heavy (non-hydrogen) atoms. The van der Waals surface area contributed by atoms with Crippen molar-refractivity contribution in [3.8, 4) is 0 Å². The molecule has 6 rings (SSSR count). The molecule has 3 aliphatic carbocycles. The molecule has 0 bridgehead atoms. The molecule has 3 aromatic carbocycles. The molecular weight excluding hydrogens is 300 g/mol. The third-order valence-corrected chi connectivity index (χ3v) is 7.03. The molecule has 0 aliphatic heterocycles. The Hall–Kier alpha value is -2.60. The molecule has 0 aromatic heterocycles. The molecule has 0 heterocycles. The highest BCUT2D eigenvalue weighted by Gasteiger charge is 2.67. The molecule has 0 N–H and O–H groups in total. The molecule has 0 fully saturated rings. The zero-order valence-corrected chi connectivity index (χ0v) is 14.4. The standard InChI is InChI=1S/C25H20/c1-15(2)25-22-16-9-3-4-10-17(16)23(25)20-13-7-8-14-21(20)24(25)19-12-6-5-11-18(19)22/h3-14,22-24H,1H2,2H3. The Morgan fingerprint density at radius 3 is 1.04 bits per heavy atom. The van der Waals surface area contributed by atoms with Crippen LogP contribution in [0, 0.1) is 5.41 Å². The Kier molecular flexibility index (Phi) is 2.36. The van der Waals surface area contributed by atoms with Crippen molar-refractivity contribution in [2.24, 2.45) is 5.41 Å². The second-order valence-corrected chi connectivity index (χ2v) is 7.90. The Bertz CT molecular complexity index is 861. The van der Waals surface area contributed by atoms with Crippen LogP contribution in [0.5, 0.6) is 0 Å². The van der Waals surface area contributed by atoms with Gasteiger partial charge in [-0.1, -0.05) is 84.9 Å². The average Bonchev–Trinajstić information content (AvgIpc) is 3.22. The van der Waals surface area contributed by atoms with Gasteiger partial charge >= 0.3 is 0 Å². The van der Waals surface area contributed by atoms with Crippen LogP contribution in [-0.4, -0.2) is 0 Å². The lowest BCUT2D eigenvalue weighted by Crippen LogP contribution is -2.28. The number of rotatable bonds is 1. The third kappa shape index (κ3) is 1.31. The van der Waals surface area contributed by atoms with Gasteiger partial charge in [0, 0.05) is 23.2 Å². The summed E-state index contributed by atoms with van der Waals surface area (Å²) in [4.78, 5) is 0. The lowest BCUT2D eigenvalue weighted by molar-refractivity contribution is 0.318. The van der Waals surface area contributed by atoms with Crippen molar-refractivity contribution in [1.29, 1.82) is 0 Å². The van der Waals surface area contributed by atoms with E-state index < -0.39 is 0 Å². The fraction of sp³-hybridized carbons (Fsp3) is 0.200. The molecule has 0 amide bonds. The summed E-state index contributed by atoms with van der Waals surface area (Å²) >= 11 is 0. The third-order valence-electron chi connectivity index (χ3n) is 7.03. The first-order chi connectivity index (χ1) is 12.3. The minimum Gasteiger partial charge on any atom is -0.0995 e. The Morgan fingerprint density at radius 1 is 0.600 bits per heavy atom. The van der Waals surface area contributed by atoms with Gasteiger partial charge in [0.1, 0.15) is 0 Å². The topological polar surface area (TPSA) is 0 Å². The van der Waals surface area contributed by atoms with Crippen molar-refractivity contribution in [2.75, 3.05) is 0 Å². The van der Waals surface area contributed by atoms with Crippen LogP contribution in [0.4, 0.5) is 0 Å². The minimum atomic E-state index is 0.0665. The number of benzene rings is 3. The first kappa shape index (κ1) is 13.7. The maximum Gasteiger partial charge on any atom is 0.0235 e. The van der Waals surface area contributed by atoms with Crippen LogP contribution in [0.2, 0.25) is 0 Å². The predicted molar refractivity (Wildman–Crippen MR) is 102 cm³/mol. The molecule has 0 spiro atoms. The molecule has 0 heteroatoms. The number of allylic oxidation sites excluding steroid dienone is 1. The van der Waals surface area contributed by atoms with Crippen LogP contribution in [0.3, 0.4) is 0 Å². The summed E-state index contributed by atoms with van der Waals surface area (Å²) in [5.41, 5.74) is 10.5. The average molecular weight is 320 g/mol. The van der Waals surface area contributed by atoms with E-state index >= 15 is 0 Å². The van der Waals surface area contributed by atoms with Crippen molar-refractivity contribution in [3.05, 3.63) is 118 Å². The number of fused-ring (bicyclic) bond motifs is 9. The van der Waals surface area contributed by atoms with E-state index in [1.165, 1.54) is 39.0 Å². The molecule has 0 saturated heterocycles. The minimum absolute atomic E-state index is 0.0665. The van der Waals surface area contributed by atoms with Crippen LogP contribution >= 0.6 is 0 Å². The summed E-state index contributed by atoms with van der Waals surface area (Å²) in [6, 6.07) is 27.3. The highest BCUT2D eigenvalue weighted by atomic mass is 14.7. The Morgan fingerprint density at radius 2 is 0.840 bits per heavy atom. The van der Waals surface area contributed by atoms with Gasteiger partial charge in [0.05, 0.1) is 0 Å². The molecular formula is C25H20. The summed E-state index contributed by atoms with van der Waals surface area (Å²) in [7, 11) is 0. The van der Waals surface area contributed by atoms with Crippen LogP contribution in [0.25, 0.3) is 0 Å². The molecule has 0 unspecified atom stereocenters. The first-order valence-electron chi connectivity index (χ1n) is 9.18. The van der Waals surface area contributed by atoms with E-state index in [-0.39, 0.29) is 5.41 Å². The van der Waals surface area contributed by atoms with Crippen molar-refractivity contribution in [2.45, 2.75) is 24.7 Å². The quantitative estimate of drug-likeness (QED) is 0.483. The highest BCUT2D eigenvalue weighted by Crippen LogP contribution is 2.78. The molecule has 0 saturated carbocycles. The van der Waals surface area contributed by atoms with Gasteiger partial charge in [-0.2, -0.15) is 0 Å². The maximum absolute atomic E-state index is 4.56. The van der Waals surface area contributed by atoms with E-state index in [0.29, 0.717) is 17.8 Å². The maximum atomic E-state index is 4.56. The van der Waals surface area contributed by atoms with Crippen molar-refractivity contribution in [1.82, 2.24) is 0 Å². The van der Waals surface area contributed by atoms with Gasteiger partial charge in [0.15, 0.2) is 0 Å². The summed E-state index contributed by atoms with van der Waals surface area (Å²) in [6.45, 7) is 6.82. The van der Waals surface area contributed by atoms with Crippen LogP contribution in [-0.2, 0) is 0 Å². The van der Waals surface area contributed by atoms with E-state index in [9.17, 15) is 0 Å². The largest absolute Gasteiger partial charge is 0.0995 e. The van der Waals surface area contributed by atoms with Gasteiger partial charge < -0.3 is 0 Å². The van der Waals surface area contributed by atoms with Crippen molar-refractivity contribution < 1.29 is 0 Å². The molecule has 0 radical (unpaired) electrons. The molecule has 3 aromatic rings. The highest BCUT2D eigenvalue weighted by molar-refractivity contribution is 5.70. The van der Waals surface area contributed by atoms with Crippen molar-refractivity contribution in [3.63, 3.8) is 0 Å². The van der Waals surface area contributed by atoms with Gasteiger partial charge in [0.25, 0.3) is 0 Å². The van der Waals surface area contributed by atoms with E-state index in [1.54, 1.807) is 0 Å². The van der Waals surface area contributed by atoms with E-state index in [4.69, 9.17) is 0 Å². The second kappa shape index (κ2) is 4.32. The zero-order valence-electron chi connectivity index (χ0n) is 14.4. The summed E-state index contributed by atoms with van der Waals surface area (Å²) in [5, 5.41) is 0. The van der Waals surface area contributed by atoms with Crippen LogP contribution in [0.15, 0.2) is 84.9 Å². The smallest absolute Gasteiger partial charge is 0.0235 e. The monoisotopic (exact) mass is 320 g/mol. The van der Waals surface area contributed by atoms with Crippen molar-refractivity contribution >= 4 is 0 Å². The fourth-order valence-corrected chi connectivity index (χ4v) is 6.40. The van der Waals surface area contributed by atoms with Gasteiger partial charge in [-0.3, -0.25) is 0 Å². The van der Waals surface area contributed by atoms with Crippen LogP contribution < -0.4 is 0 Å². The molecule has 0 nitrogen and oxygen atoms in total. The summed E-state index contributed by atoms with van der Waals surface area (Å²) < 4.78 is 0. The van der Waals surface area contributed by atoms with E-state index in [1.807, 2.05) is 0 Å². The van der Waals surface area contributed by atoms with E-state index in [0.717, 1.165) is 0 Å². The molecule has 120 valence electrons. The van der Waals surface area contributed by atoms with Gasteiger partial charge in [-0.25, -0.2) is 0 Å².